The van der Waals surface area contributed by atoms with E-state index in [9.17, 15) is 19.8 Å². The molecule has 0 saturated carbocycles. The molecule has 0 aliphatic carbocycles. The molecule has 0 bridgehead atoms. The van der Waals surface area contributed by atoms with E-state index in [2.05, 4.69) is 0 Å². The first-order valence-corrected chi connectivity index (χ1v) is 12.1. The summed E-state index contributed by atoms with van der Waals surface area (Å²) in [6, 6.07) is 9.60. The molecule has 2 aromatic carbocycles. The second kappa shape index (κ2) is 14.5. The summed E-state index contributed by atoms with van der Waals surface area (Å²) in [7, 11) is 2.92. The maximum absolute atomic E-state index is 13.2. The Kier molecular flexibility index (Phi) is 11.4. The zero-order valence-corrected chi connectivity index (χ0v) is 21.4. The molecule has 0 spiro atoms. The van der Waals surface area contributed by atoms with E-state index in [1.165, 1.54) is 48.5 Å². The number of aromatic hydroxyl groups is 2. The lowest BCUT2D eigenvalue weighted by molar-refractivity contribution is -0.157. The Bertz CT molecular complexity index is 994. The zero-order chi connectivity index (χ0) is 26.5. The maximum atomic E-state index is 13.2. The van der Waals surface area contributed by atoms with Gasteiger partial charge in [-0.2, -0.15) is 0 Å². The van der Waals surface area contributed by atoms with E-state index in [0.717, 1.165) is 25.7 Å². The molecule has 2 N–H and O–H groups in total. The van der Waals surface area contributed by atoms with Crippen LogP contribution >= 0.6 is 0 Å². The molecule has 0 unspecified atom stereocenters. The second-order valence-electron chi connectivity index (χ2n) is 8.16. The number of phenols is 2. The number of methoxy groups -OCH3 is 2. The van der Waals surface area contributed by atoms with E-state index in [1.807, 2.05) is 13.8 Å². The fourth-order valence-corrected chi connectivity index (χ4v) is 3.42. The highest BCUT2D eigenvalue weighted by Gasteiger charge is 2.22. The van der Waals surface area contributed by atoms with Crippen LogP contribution in [0.2, 0.25) is 0 Å². The minimum Gasteiger partial charge on any atom is -0.504 e. The molecule has 0 aliphatic rings. The van der Waals surface area contributed by atoms with Crippen LogP contribution in [-0.2, 0) is 9.59 Å². The Morgan fingerprint density at radius 1 is 0.750 bits per heavy atom. The SMILES string of the molecule is CCCCN(C(=O)/C=C/c1ccc(O)c(OC)c1)N(CCCC)C(=O)/C=C/c1ccc(O)c(OC)c1. The third-order valence-corrected chi connectivity index (χ3v) is 5.49. The van der Waals surface area contributed by atoms with Gasteiger partial charge in [0.05, 0.1) is 14.2 Å². The molecule has 194 valence electrons. The number of benzene rings is 2. The average Bonchev–Trinajstić information content (AvgIpc) is 2.89. The van der Waals surface area contributed by atoms with E-state index in [0.29, 0.717) is 35.7 Å². The van der Waals surface area contributed by atoms with Crippen LogP contribution in [-0.4, -0.2) is 59.4 Å². The molecular weight excluding hydrogens is 460 g/mol. The fraction of sp³-hybridized carbons (Fsp3) is 0.357. The van der Waals surface area contributed by atoms with Crippen LogP contribution in [0.5, 0.6) is 23.0 Å². The van der Waals surface area contributed by atoms with Gasteiger partial charge in [-0.3, -0.25) is 9.59 Å². The molecular formula is C28H36N2O6. The van der Waals surface area contributed by atoms with Gasteiger partial charge in [-0.25, -0.2) is 10.0 Å². The molecule has 36 heavy (non-hydrogen) atoms. The van der Waals surface area contributed by atoms with Gasteiger partial charge < -0.3 is 19.7 Å². The molecule has 2 aromatic rings. The van der Waals surface area contributed by atoms with Crippen LogP contribution in [0.15, 0.2) is 48.6 Å². The standard InChI is InChI=1S/C28H36N2O6/c1-5-7-17-29(27(33)15-11-21-9-13-23(31)25(19-21)35-3)30(18-8-6-2)28(34)16-12-22-10-14-24(32)26(20-22)36-4/h9-16,19-20,31-32H,5-8,17-18H2,1-4H3/b15-11+,16-12+. The van der Waals surface area contributed by atoms with Crippen molar-refractivity contribution in [2.75, 3.05) is 27.3 Å². The number of nitrogens with zero attached hydrogens (tertiary/aromatic N) is 2. The fourth-order valence-electron chi connectivity index (χ4n) is 3.42. The molecule has 0 saturated heterocycles. The summed E-state index contributed by atoms with van der Waals surface area (Å²) in [6.45, 7) is 4.85. The summed E-state index contributed by atoms with van der Waals surface area (Å²) in [5.41, 5.74) is 1.36. The number of phenolic OH excluding ortho intramolecular Hbond substituents is 2. The first-order valence-electron chi connectivity index (χ1n) is 12.1. The largest absolute Gasteiger partial charge is 0.504 e. The van der Waals surface area contributed by atoms with E-state index < -0.39 is 0 Å². The van der Waals surface area contributed by atoms with Crippen LogP contribution in [0.3, 0.4) is 0 Å². The highest BCUT2D eigenvalue weighted by atomic mass is 16.5. The van der Waals surface area contributed by atoms with Crippen molar-refractivity contribution in [1.29, 1.82) is 0 Å². The smallest absolute Gasteiger partial charge is 0.265 e. The zero-order valence-electron chi connectivity index (χ0n) is 21.4. The minimum absolute atomic E-state index is 0.0138. The minimum atomic E-state index is -0.320. The highest BCUT2D eigenvalue weighted by Crippen LogP contribution is 2.27. The van der Waals surface area contributed by atoms with E-state index in [4.69, 9.17) is 9.47 Å². The van der Waals surface area contributed by atoms with Crippen LogP contribution in [0.4, 0.5) is 0 Å². The van der Waals surface area contributed by atoms with Gasteiger partial charge in [0.15, 0.2) is 23.0 Å². The molecule has 0 atom stereocenters. The van der Waals surface area contributed by atoms with Crippen LogP contribution in [0.1, 0.15) is 50.7 Å². The number of ether oxygens (including phenoxy) is 2. The Labute approximate surface area is 213 Å². The van der Waals surface area contributed by atoms with Crippen molar-refractivity contribution in [3.8, 4) is 23.0 Å². The summed E-state index contributed by atoms with van der Waals surface area (Å²) >= 11 is 0. The predicted octanol–water partition coefficient (Wildman–Crippen LogP) is 5.01. The van der Waals surface area contributed by atoms with Gasteiger partial charge in [-0.1, -0.05) is 38.8 Å². The maximum Gasteiger partial charge on any atom is 0.265 e. The summed E-state index contributed by atoms with van der Waals surface area (Å²) in [5.74, 6) is 0.00510. The lowest BCUT2D eigenvalue weighted by Gasteiger charge is -2.33. The van der Waals surface area contributed by atoms with Crippen LogP contribution < -0.4 is 9.47 Å². The average molecular weight is 497 g/mol. The Hall–Kier alpha value is -3.94. The Morgan fingerprint density at radius 2 is 1.14 bits per heavy atom. The number of hydrazine groups is 1. The van der Waals surface area contributed by atoms with Crippen molar-refractivity contribution in [2.45, 2.75) is 39.5 Å². The number of carbonyl (C=O) groups is 2. The van der Waals surface area contributed by atoms with Crippen molar-refractivity contribution in [3.63, 3.8) is 0 Å². The lowest BCUT2D eigenvalue weighted by Crippen LogP contribution is -2.49. The molecule has 0 radical (unpaired) electrons. The normalized spacial score (nSPS) is 11.1. The van der Waals surface area contributed by atoms with Gasteiger partial charge in [0, 0.05) is 25.2 Å². The summed E-state index contributed by atoms with van der Waals surface area (Å²) in [5, 5.41) is 22.6. The summed E-state index contributed by atoms with van der Waals surface area (Å²) in [4.78, 5) is 26.5. The van der Waals surface area contributed by atoms with Gasteiger partial charge in [-0.15, -0.1) is 0 Å². The monoisotopic (exact) mass is 496 g/mol. The number of rotatable bonds is 12. The molecule has 8 nitrogen and oxygen atoms in total. The van der Waals surface area contributed by atoms with Crippen LogP contribution in [0.25, 0.3) is 12.2 Å². The van der Waals surface area contributed by atoms with Gasteiger partial charge in [0.1, 0.15) is 0 Å². The first kappa shape index (κ1) is 28.3. The number of hydrogen-bond donors (Lipinski definition) is 2. The molecule has 8 heteroatoms. The topological polar surface area (TPSA) is 99.5 Å². The van der Waals surface area contributed by atoms with Crippen molar-refractivity contribution in [2.24, 2.45) is 0 Å². The number of amides is 2. The van der Waals surface area contributed by atoms with Gasteiger partial charge >= 0.3 is 0 Å². The highest BCUT2D eigenvalue weighted by molar-refractivity contribution is 5.96. The molecule has 0 heterocycles. The van der Waals surface area contributed by atoms with E-state index >= 15 is 0 Å². The Balaban J connectivity index is 2.30. The van der Waals surface area contributed by atoms with Crippen molar-refractivity contribution in [3.05, 3.63) is 59.7 Å². The summed E-state index contributed by atoms with van der Waals surface area (Å²) < 4.78 is 10.3. The number of hydrogen-bond acceptors (Lipinski definition) is 6. The van der Waals surface area contributed by atoms with E-state index in [1.54, 1.807) is 36.4 Å². The predicted molar refractivity (Wildman–Crippen MR) is 141 cm³/mol. The Morgan fingerprint density at radius 3 is 1.47 bits per heavy atom. The molecule has 2 amide bonds. The molecule has 0 aromatic heterocycles. The first-order chi connectivity index (χ1) is 17.3. The van der Waals surface area contributed by atoms with Crippen molar-refractivity contribution in [1.82, 2.24) is 10.0 Å². The second-order valence-corrected chi connectivity index (χ2v) is 8.16. The van der Waals surface area contributed by atoms with Crippen molar-refractivity contribution < 1.29 is 29.3 Å². The lowest BCUT2D eigenvalue weighted by atomic mass is 10.2. The quantitative estimate of drug-likeness (QED) is 0.316. The molecule has 0 aliphatic heterocycles. The van der Waals surface area contributed by atoms with Gasteiger partial charge in [0.25, 0.3) is 11.8 Å². The molecule has 0 fully saturated rings. The van der Waals surface area contributed by atoms with E-state index in [-0.39, 0.29) is 23.3 Å². The van der Waals surface area contributed by atoms with Gasteiger partial charge in [0.2, 0.25) is 0 Å². The van der Waals surface area contributed by atoms with Crippen LogP contribution in [0, 0.1) is 0 Å². The number of carbonyl (C=O) groups excluding carboxylic acids is 2. The third kappa shape index (κ3) is 8.08. The molecule has 2 rings (SSSR count). The van der Waals surface area contributed by atoms with Gasteiger partial charge in [-0.05, 0) is 60.4 Å². The van der Waals surface area contributed by atoms with Crippen molar-refractivity contribution >= 4 is 24.0 Å². The summed E-state index contributed by atoms with van der Waals surface area (Å²) in [6.07, 6.45) is 9.30. The number of unbranched alkanes of at least 4 members (excludes halogenated alkanes) is 2. The third-order valence-electron chi connectivity index (χ3n) is 5.49.